The number of aryl methyl sites for hydroxylation is 6. The molecule has 10 aromatic rings. The van der Waals surface area contributed by atoms with Gasteiger partial charge in [0.05, 0.1) is 34.1 Å². The van der Waals surface area contributed by atoms with Gasteiger partial charge in [0.1, 0.15) is 0 Å². The Balaban J connectivity index is 1.30. The van der Waals surface area contributed by atoms with Crippen molar-refractivity contribution in [2.75, 3.05) is 9.80 Å². The first-order chi connectivity index (χ1) is 29.3. The zero-order valence-electron chi connectivity index (χ0n) is 35.2. The number of rotatable bonds is 8. The zero-order chi connectivity index (χ0) is 41.1. The Morgan fingerprint density at radius 1 is 0.267 bits per heavy atom. The van der Waals surface area contributed by atoms with Crippen molar-refractivity contribution in [3.8, 4) is 22.3 Å². The van der Waals surface area contributed by atoms with Crippen LogP contribution >= 0.6 is 0 Å². The smallest absolute Gasteiger partial charge is 0.0569 e. The largest absolute Gasteiger partial charge is 0.308 e. The maximum Gasteiger partial charge on any atom is 0.0569 e. The van der Waals surface area contributed by atoms with E-state index in [0.717, 1.165) is 0 Å². The number of anilines is 6. The molecule has 0 aliphatic heterocycles. The summed E-state index contributed by atoms with van der Waals surface area (Å²) >= 11 is 0. The van der Waals surface area contributed by atoms with Gasteiger partial charge in [0, 0.05) is 21.9 Å². The lowest BCUT2D eigenvalue weighted by Crippen LogP contribution is -2.16. The van der Waals surface area contributed by atoms with E-state index < -0.39 is 0 Å². The molecule has 0 spiro atoms. The number of benzene rings is 10. The molecule has 0 aliphatic rings. The number of hydrogen-bond donors (Lipinski definition) is 0. The normalized spacial score (nSPS) is 11.5. The lowest BCUT2D eigenvalue weighted by Gasteiger charge is -2.34. The van der Waals surface area contributed by atoms with Crippen LogP contribution in [-0.4, -0.2) is 0 Å². The summed E-state index contributed by atoms with van der Waals surface area (Å²) in [4.78, 5) is 5.11. The van der Waals surface area contributed by atoms with Gasteiger partial charge in [-0.1, -0.05) is 170 Å². The van der Waals surface area contributed by atoms with Crippen molar-refractivity contribution < 1.29 is 0 Å². The SMILES string of the molecule is Cc1cccc(C)c1N(c1c(C)cccc1-c1ccccc1)c1ccc2ccc3c(N(c4c(C)cccc4C)c4c(C)cccc4-c4ccccc4)ccc4ccc1c2c43. The van der Waals surface area contributed by atoms with E-state index in [4.69, 9.17) is 0 Å². The Hall–Kier alpha value is -7.16. The highest BCUT2D eigenvalue weighted by molar-refractivity contribution is 6.28. The first kappa shape index (κ1) is 37.1. The molecule has 0 aliphatic carbocycles. The van der Waals surface area contributed by atoms with Gasteiger partial charge in [0.15, 0.2) is 0 Å². The summed E-state index contributed by atoms with van der Waals surface area (Å²) in [6.45, 7) is 13.5. The van der Waals surface area contributed by atoms with Gasteiger partial charge in [-0.15, -0.1) is 0 Å². The Bertz CT molecular complexity index is 2960. The quantitative estimate of drug-likeness (QED) is 0.142. The summed E-state index contributed by atoms with van der Waals surface area (Å²) in [7, 11) is 0. The Morgan fingerprint density at radius 3 is 0.950 bits per heavy atom. The first-order valence-electron chi connectivity index (χ1n) is 21.0. The second kappa shape index (κ2) is 14.9. The molecule has 2 nitrogen and oxygen atoms in total. The van der Waals surface area contributed by atoms with E-state index in [2.05, 4.69) is 233 Å². The maximum atomic E-state index is 2.55. The van der Waals surface area contributed by atoms with Gasteiger partial charge in [-0.3, -0.25) is 0 Å². The minimum Gasteiger partial charge on any atom is -0.308 e. The lowest BCUT2D eigenvalue weighted by molar-refractivity contribution is 1.21. The molecule has 10 aromatic carbocycles. The van der Waals surface area contributed by atoms with Crippen molar-refractivity contribution in [1.82, 2.24) is 0 Å². The summed E-state index contributed by atoms with van der Waals surface area (Å²) in [5.41, 5.74) is 19.4. The molecular formula is C58H48N2. The minimum absolute atomic E-state index is 1.17. The second-order valence-corrected chi connectivity index (χ2v) is 16.4. The lowest BCUT2D eigenvalue weighted by atomic mass is 9.90. The summed E-state index contributed by atoms with van der Waals surface area (Å²) in [5.74, 6) is 0. The molecule has 0 radical (unpaired) electrons. The van der Waals surface area contributed by atoms with Crippen LogP contribution in [0.1, 0.15) is 33.4 Å². The molecular weight excluding hydrogens is 725 g/mol. The Labute approximate surface area is 354 Å². The van der Waals surface area contributed by atoms with Gasteiger partial charge in [-0.2, -0.15) is 0 Å². The molecule has 0 aromatic heterocycles. The Kier molecular flexibility index (Phi) is 9.22. The van der Waals surface area contributed by atoms with Crippen LogP contribution in [0.2, 0.25) is 0 Å². The van der Waals surface area contributed by atoms with Gasteiger partial charge in [-0.05, 0) is 120 Å². The van der Waals surface area contributed by atoms with Gasteiger partial charge in [0.25, 0.3) is 0 Å². The molecule has 0 unspecified atom stereocenters. The van der Waals surface area contributed by atoms with Crippen LogP contribution in [0.3, 0.4) is 0 Å². The first-order valence-corrected chi connectivity index (χ1v) is 21.0. The average Bonchev–Trinajstić information content (AvgIpc) is 3.26. The summed E-state index contributed by atoms with van der Waals surface area (Å²) in [5, 5.41) is 7.49. The van der Waals surface area contributed by atoms with Crippen LogP contribution in [0.25, 0.3) is 54.6 Å². The van der Waals surface area contributed by atoms with Gasteiger partial charge in [-0.25, -0.2) is 0 Å². The maximum absolute atomic E-state index is 2.55. The molecule has 0 atom stereocenters. The standard InChI is InChI=1S/C58H48N2/c1-37-17-13-18-38(2)55(37)59(57-41(5)21-15-27-47(57)43-23-9-7-10-24-43)51-35-31-45-30-34-50-52(36-32-46-29-33-49(51)53(45)54(46)50)60(56-39(3)19-14-20-40(56)4)58-42(6)22-16-28-48(58)44-25-11-8-12-26-44/h7-36H,1-6H3. The van der Waals surface area contributed by atoms with Crippen molar-refractivity contribution in [3.63, 3.8) is 0 Å². The van der Waals surface area contributed by atoms with E-state index in [-0.39, 0.29) is 0 Å². The van der Waals surface area contributed by atoms with Crippen LogP contribution in [0.15, 0.2) is 182 Å². The van der Waals surface area contributed by atoms with E-state index in [0.29, 0.717) is 0 Å². The molecule has 290 valence electrons. The van der Waals surface area contributed by atoms with E-state index >= 15 is 0 Å². The highest BCUT2D eigenvalue weighted by atomic mass is 15.2. The zero-order valence-corrected chi connectivity index (χ0v) is 35.2. The number of nitrogens with zero attached hydrogens (tertiary/aromatic N) is 2. The van der Waals surface area contributed by atoms with Crippen LogP contribution in [0.4, 0.5) is 34.1 Å². The van der Waals surface area contributed by atoms with E-state index in [1.165, 1.54) is 122 Å². The highest BCUT2D eigenvalue weighted by Crippen LogP contribution is 2.52. The summed E-state index contributed by atoms with van der Waals surface area (Å²) in [6, 6.07) is 67.2. The Morgan fingerprint density at radius 2 is 0.583 bits per heavy atom. The molecule has 10 rings (SSSR count). The van der Waals surface area contributed by atoms with Crippen LogP contribution in [0, 0.1) is 41.5 Å². The fourth-order valence-electron chi connectivity index (χ4n) is 9.80. The topological polar surface area (TPSA) is 6.48 Å². The third kappa shape index (κ3) is 6.02. The number of hydrogen-bond acceptors (Lipinski definition) is 2. The van der Waals surface area contributed by atoms with Crippen molar-refractivity contribution >= 4 is 66.4 Å². The molecule has 0 N–H and O–H groups in total. The van der Waals surface area contributed by atoms with Crippen molar-refractivity contribution in [1.29, 1.82) is 0 Å². The van der Waals surface area contributed by atoms with Gasteiger partial charge >= 0.3 is 0 Å². The minimum atomic E-state index is 1.17. The number of para-hydroxylation sites is 4. The molecule has 0 amide bonds. The highest BCUT2D eigenvalue weighted by Gasteiger charge is 2.27. The molecule has 0 saturated heterocycles. The van der Waals surface area contributed by atoms with Crippen molar-refractivity contribution in [2.24, 2.45) is 0 Å². The molecule has 60 heavy (non-hydrogen) atoms. The third-order valence-electron chi connectivity index (χ3n) is 12.5. The van der Waals surface area contributed by atoms with Crippen LogP contribution in [0.5, 0.6) is 0 Å². The monoisotopic (exact) mass is 772 g/mol. The predicted molar refractivity (Wildman–Crippen MR) is 259 cm³/mol. The van der Waals surface area contributed by atoms with Gasteiger partial charge in [0.2, 0.25) is 0 Å². The predicted octanol–water partition coefficient (Wildman–Crippen LogP) is 16.7. The van der Waals surface area contributed by atoms with E-state index in [9.17, 15) is 0 Å². The molecule has 2 heteroatoms. The molecule has 0 fully saturated rings. The van der Waals surface area contributed by atoms with Gasteiger partial charge < -0.3 is 9.80 Å². The van der Waals surface area contributed by atoms with E-state index in [1.807, 2.05) is 0 Å². The van der Waals surface area contributed by atoms with Crippen LogP contribution < -0.4 is 9.80 Å². The van der Waals surface area contributed by atoms with Crippen molar-refractivity contribution in [3.05, 3.63) is 215 Å². The fraction of sp³-hybridized carbons (Fsp3) is 0.103. The fourth-order valence-corrected chi connectivity index (χ4v) is 9.80. The van der Waals surface area contributed by atoms with Crippen molar-refractivity contribution in [2.45, 2.75) is 41.5 Å². The summed E-state index contributed by atoms with van der Waals surface area (Å²) < 4.78 is 0. The molecule has 0 bridgehead atoms. The van der Waals surface area contributed by atoms with Crippen LogP contribution in [-0.2, 0) is 0 Å². The third-order valence-corrected chi connectivity index (χ3v) is 12.5. The second-order valence-electron chi connectivity index (χ2n) is 16.4. The summed E-state index contributed by atoms with van der Waals surface area (Å²) in [6.07, 6.45) is 0. The molecule has 0 heterocycles. The van der Waals surface area contributed by atoms with E-state index in [1.54, 1.807) is 0 Å². The molecule has 0 saturated carbocycles. The average molecular weight is 773 g/mol.